The maximum atomic E-state index is 6.52. The van der Waals surface area contributed by atoms with E-state index in [0.29, 0.717) is 0 Å². The fourth-order valence-electron chi connectivity index (χ4n) is 2.95. The van der Waals surface area contributed by atoms with Gasteiger partial charge in [-0.1, -0.05) is 97.1 Å². The van der Waals surface area contributed by atoms with Gasteiger partial charge in [0, 0.05) is 0 Å². The summed E-state index contributed by atoms with van der Waals surface area (Å²) >= 11 is 0. The molecule has 2 nitrogen and oxygen atoms in total. The molecule has 0 saturated carbocycles. The molecule has 0 bridgehead atoms. The molecule has 132 valence electrons. The summed E-state index contributed by atoms with van der Waals surface area (Å²) in [6.07, 6.45) is 1.85. The van der Waals surface area contributed by atoms with E-state index in [2.05, 4.69) is 48.5 Å². The molecule has 0 unspecified atom stereocenters. The second-order valence-electron chi connectivity index (χ2n) is 6.91. The molecular formula is C24H25NO. The van der Waals surface area contributed by atoms with Gasteiger partial charge in [0.25, 0.3) is 0 Å². The average molecular weight is 343 g/mol. The highest BCUT2D eigenvalue weighted by Crippen LogP contribution is 2.40. The van der Waals surface area contributed by atoms with Crippen molar-refractivity contribution in [2.24, 2.45) is 0 Å². The molecule has 26 heavy (non-hydrogen) atoms. The van der Waals surface area contributed by atoms with Crippen molar-refractivity contribution >= 4 is 0 Å². The Morgan fingerprint density at radius 2 is 1.04 bits per heavy atom. The number of hydrogen-bond acceptors (Lipinski definition) is 2. The highest BCUT2D eigenvalue weighted by Gasteiger charge is 2.39. The Hall–Kier alpha value is -2.68. The van der Waals surface area contributed by atoms with Crippen molar-refractivity contribution < 1.29 is 4.84 Å². The third-order valence-corrected chi connectivity index (χ3v) is 4.52. The largest absolute Gasteiger partial charge is 0.280 e. The summed E-state index contributed by atoms with van der Waals surface area (Å²) in [4.78, 5) is 6.52. The maximum absolute atomic E-state index is 6.52. The monoisotopic (exact) mass is 343 g/mol. The lowest BCUT2D eigenvalue weighted by Crippen LogP contribution is -2.45. The van der Waals surface area contributed by atoms with Crippen LogP contribution >= 0.6 is 0 Å². The van der Waals surface area contributed by atoms with E-state index in [0.717, 1.165) is 16.7 Å². The molecule has 3 aromatic rings. The van der Waals surface area contributed by atoms with Crippen molar-refractivity contribution in [3.8, 4) is 0 Å². The normalized spacial score (nSPS) is 11.9. The van der Waals surface area contributed by atoms with Crippen molar-refractivity contribution in [3.05, 3.63) is 120 Å². The first-order valence-electron chi connectivity index (χ1n) is 8.84. The smallest absolute Gasteiger partial charge is 0.165 e. The fraction of sp³-hybridized carbons (Fsp3) is 0.167. The molecule has 0 amide bonds. The predicted molar refractivity (Wildman–Crippen MR) is 108 cm³/mol. The van der Waals surface area contributed by atoms with Gasteiger partial charge in [-0.15, -0.1) is 6.58 Å². The van der Waals surface area contributed by atoms with Gasteiger partial charge in [-0.25, -0.2) is 0 Å². The third-order valence-electron chi connectivity index (χ3n) is 4.52. The SMILES string of the molecule is C=CC(C)(C)NOC(c1ccccc1)(c1ccccc1)c1ccccc1. The van der Waals surface area contributed by atoms with Crippen LogP contribution in [0.2, 0.25) is 0 Å². The van der Waals surface area contributed by atoms with Crippen molar-refractivity contribution in [1.82, 2.24) is 5.48 Å². The second-order valence-corrected chi connectivity index (χ2v) is 6.91. The number of nitrogens with one attached hydrogen (secondary N) is 1. The Morgan fingerprint density at radius 1 is 0.692 bits per heavy atom. The van der Waals surface area contributed by atoms with Crippen LogP contribution in [0.15, 0.2) is 104 Å². The minimum Gasteiger partial charge on any atom is -0.280 e. The van der Waals surface area contributed by atoms with Gasteiger partial charge in [0.2, 0.25) is 0 Å². The van der Waals surface area contributed by atoms with E-state index in [4.69, 9.17) is 4.84 Å². The Kier molecular flexibility index (Phi) is 5.36. The van der Waals surface area contributed by atoms with E-state index < -0.39 is 5.60 Å². The van der Waals surface area contributed by atoms with Gasteiger partial charge in [-0.05, 0) is 30.5 Å². The summed E-state index contributed by atoms with van der Waals surface area (Å²) in [5.74, 6) is 0. The maximum Gasteiger partial charge on any atom is 0.165 e. The van der Waals surface area contributed by atoms with E-state index in [1.54, 1.807) is 0 Å². The minimum absolute atomic E-state index is 0.371. The van der Waals surface area contributed by atoms with Gasteiger partial charge < -0.3 is 0 Å². The Morgan fingerprint density at radius 3 is 1.35 bits per heavy atom. The van der Waals surface area contributed by atoms with Crippen LogP contribution in [0.3, 0.4) is 0 Å². The highest BCUT2D eigenvalue weighted by atomic mass is 16.7. The molecule has 2 heteroatoms. The zero-order chi connectivity index (χ0) is 18.5. The number of hydrogen-bond donors (Lipinski definition) is 1. The quantitative estimate of drug-likeness (QED) is 0.349. The van der Waals surface area contributed by atoms with Gasteiger partial charge in [-0.3, -0.25) is 4.84 Å². The molecule has 0 fully saturated rings. The molecule has 0 aliphatic heterocycles. The lowest BCUT2D eigenvalue weighted by molar-refractivity contribution is -0.0865. The van der Waals surface area contributed by atoms with Crippen LogP contribution < -0.4 is 5.48 Å². The molecule has 0 aliphatic rings. The van der Waals surface area contributed by atoms with Crippen LogP contribution in [0.25, 0.3) is 0 Å². The van der Waals surface area contributed by atoms with Crippen LogP contribution in [0, 0.1) is 0 Å². The Balaban J connectivity index is 2.23. The summed E-state index contributed by atoms with van der Waals surface area (Å²) < 4.78 is 0. The van der Waals surface area contributed by atoms with Gasteiger partial charge in [0.1, 0.15) is 0 Å². The van der Waals surface area contributed by atoms with Crippen LogP contribution in [0.1, 0.15) is 30.5 Å². The van der Waals surface area contributed by atoms with Crippen molar-refractivity contribution in [1.29, 1.82) is 0 Å². The average Bonchev–Trinajstić information content (AvgIpc) is 2.71. The third kappa shape index (κ3) is 3.62. The van der Waals surface area contributed by atoms with Gasteiger partial charge in [-0.2, -0.15) is 5.48 Å². The molecule has 3 aromatic carbocycles. The summed E-state index contributed by atoms with van der Waals surface area (Å²) in [5, 5.41) is 0. The number of hydroxylamine groups is 1. The highest BCUT2D eigenvalue weighted by molar-refractivity contribution is 5.47. The summed E-state index contributed by atoms with van der Waals surface area (Å²) in [6.45, 7) is 7.98. The summed E-state index contributed by atoms with van der Waals surface area (Å²) in [5.41, 5.74) is 5.26. The standard InChI is InChI=1S/C24H25NO/c1-4-23(2,3)25-26-24(20-14-8-5-9-15-20,21-16-10-6-11-17-21)22-18-12-7-13-19-22/h4-19,25H,1H2,2-3H3. The van der Waals surface area contributed by atoms with E-state index >= 15 is 0 Å². The van der Waals surface area contributed by atoms with Crippen LogP contribution in [-0.2, 0) is 10.4 Å². The molecule has 0 saturated heterocycles. The number of benzene rings is 3. The first-order chi connectivity index (χ1) is 12.6. The Bertz CT molecular complexity index is 729. The zero-order valence-electron chi connectivity index (χ0n) is 15.4. The second kappa shape index (κ2) is 7.69. The van der Waals surface area contributed by atoms with Crippen LogP contribution in [0.5, 0.6) is 0 Å². The van der Waals surface area contributed by atoms with Gasteiger partial charge in [0.05, 0.1) is 5.54 Å². The van der Waals surface area contributed by atoms with Gasteiger partial charge in [0.15, 0.2) is 5.60 Å². The molecule has 3 rings (SSSR count). The lowest BCUT2D eigenvalue weighted by Gasteiger charge is -2.38. The minimum atomic E-state index is -0.774. The van der Waals surface area contributed by atoms with Gasteiger partial charge >= 0.3 is 0 Å². The molecule has 0 radical (unpaired) electrons. The van der Waals surface area contributed by atoms with Crippen molar-refractivity contribution in [3.63, 3.8) is 0 Å². The fourth-order valence-corrected chi connectivity index (χ4v) is 2.95. The summed E-state index contributed by atoms with van der Waals surface area (Å²) in [7, 11) is 0. The van der Waals surface area contributed by atoms with Crippen LogP contribution in [0.4, 0.5) is 0 Å². The van der Waals surface area contributed by atoms with Crippen LogP contribution in [-0.4, -0.2) is 5.54 Å². The Labute approximate surface area is 156 Å². The predicted octanol–water partition coefficient (Wildman–Crippen LogP) is 5.46. The molecule has 1 N–H and O–H groups in total. The number of rotatable bonds is 7. The molecule has 0 aromatic heterocycles. The first-order valence-corrected chi connectivity index (χ1v) is 8.84. The topological polar surface area (TPSA) is 21.3 Å². The van der Waals surface area contributed by atoms with E-state index in [-0.39, 0.29) is 5.54 Å². The molecular weight excluding hydrogens is 318 g/mol. The molecule has 0 aliphatic carbocycles. The zero-order valence-corrected chi connectivity index (χ0v) is 15.4. The molecule has 0 spiro atoms. The lowest BCUT2D eigenvalue weighted by atomic mass is 9.80. The molecule has 0 atom stereocenters. The van der Waals surface area contributed by atoms with E-state index in [1.807, 2.05) is 74.5 Å². The summed E-state index contributed by atoms with van der Waals surface area (Å²) in [6, 6.07) is 30.9. The first kappa shape index (κ1) is 18.1. The molecule has 0 heterocycles. The van der Waals surface area contributed by atoms with Crippen molar-refractivity contribution in [2.45, 2.75) is 25.0 Å². The van der Waals surface area contributed by atoms with E-state index in [9.17, 15) is 0 Å². The van der Waals surface area contributed by atoms with Crippen molar-refractivity contribution in [2.75, 3.05) is 0 Å². The van der Waals surface area contributed by atoms with E-state index in [1.165, 1.54) is 0 Å².